The van der Waals surface area contributed by atoms with Crippen LogP contribution in [0.4, 0.5) is 0 Å². The second-order valence-electron chi connectivity index (χ2n) is 5.82. The molecule has 1 N–H and O–H groups in total. The van der Waals surface area contributed by atoms with E-state index in [-0.39, 0.29) is 11.2 Å². The fraction of sp³-hybridized carbons (Fsp3) is 0.136. The third-order valence-corrected chi connectivity index (χ3v) is 4.85. The molecule has 0 heterocycles. The van der Waals surface area contributed by atoms with Gasteiger partial charge in [-0.3, -0.25) is 4.79 Å². The summed E-state index contributed by atoms with van der Waals surface area (Å²) in [5.74, 6) is 0. The predicted molar refractivity (Wildman–Crippen MR) is 104 cm³/mol. The molecule has 3 aromatic carbocycles. The zero-order valence-corrected chi connectivity index (χ0v) is 14.8. The molecule has 0 aromatic heterocycles. The Morgan fingerprint density at radius 1 is 0.800 bits per heavy atom. The Morgan fingerprint density at radius 2 is 1.36 bits per heavy atom. The van der Waals surface area contributed by atoms with Crippen LogP contribution in [-0.4, -0.2) is 5.12 Å². The zero-order valence-electron chi connectivity index (χ0n) is 14.0. The van der Waals surface area contributed by atoms with E-state index in [0.717, 1.165) is 17.0 Å². The lowest BCUT2D eigenvalue weighted by Crippen LogP contribution is -2.23. The van der Waals surface area contributed by atoms with Gasteiger partial charge < -0.3 is 5.32 Å². The molecule has 0 saturated heterocycles. The topological polar surface area (TPSA) is 29.1 Å². The molecule has 2 nitrogen and oxygen atoms in total. The Bertz CT molecular complexity index is 775. The number of nitrogens with one attached hydrogen (secondary N) is 1. The van der Waals surface area contributed by atoms with Crippen LogP contribution in [0.2, 0.25) is 0 Å². The molecule has 0 fully saturated rings. The predicted octanol–water partition coefficient (Wildman–Crippen LogP) is 5.23. The maximum absolute atomic E-state index is 12.5. The molecular formula is C22H21NOS. The van der Waals surface area contributed by atoms with Gasteiger partial charge >= 0.3 is 0 Å². The van der Waals surface area contributed by atoms with E-state index < -0.39 is 0 Å². The van der Waals surface area contributed by atoms with E-state index in [1.807, 2.05) is 66.7 Å². The van der Waals surface area contributed by atoms with E-state index in [2.05, 4.69) is 29.6 Å². The number of benzene rings is 3. The lowest BCUT2D eigenvalue weighted by molar-refractivity contribution is -0.111. The molecule has 1 unspecified atom stereocenters. The summed E-state index contributed by atoms with van der Waals surface area (Å²) in [5, 5.41) is 3.70. The van der Waals surface area contributed by atoms with Crippen molar-refractivity contribution in [2.45, 2.75) is 23.9 Å². The molecule has 0 aliphatic heterocycles. The fourth-order valence-corrected chi connectivity index (χ4v) is 3.46. The zero-order chi connectivity index (χ0) is 17.3. The molecule has 0 spiro atoms. The number of rotatable bonds is 7. The van der Waals surface area contributed by atoms with Gasteiger partial charge in [0.2, 0.25) is 0 Å². The third-order valence-electron chi connectivity index (χ3n) is 3.94. The Kier molecular flexibility index (Phi) is 6.43. The van der Waals surface area contributed by atoms with Gasteiger partial charge in [-0.25, -0.2) is 0 Å². The van der Waals surface area contributed by atoms with Crippen molar-refractivity contribution in [2.24, 2.45) is 0 Å². The summed E-state index contributed by atoms with van der Waals surface area (Å²) in [6, 6.07) is 30.3. The summed E-state index contributed by atoms with van der Waals surface area (Å²) in [5.41, 5.74) is 2.35. The lowest BCUT2D eigenvalue weighted by Gasteiger charge is -2.18. The maximum Gasteiger partial charge on any atom is 0.195 e. The summed E-state index contributed by atoms with van der Waals surface area (Å²) >= 11 is 1.31. The van der Waals surface area contributed by atoms with E-state index in [0.29, 0.717) is 6.42 Å². The number of hydrogen-bond acceptors (Lipinski definition) is 3. The average Bonchev–Trinajstić information content (AvgIpc) is 2.67. The van der Waals surface area contributed by atoms with Crippen LogP contribution in [0.5, 0.6) is 0 Å². The van der Waals surface area contributed by atoms with Crippen molar-refractivity contribution in [3.05, 3.63) is 102 Å². The maximum atomic E-state index is 12.5. The molecular weight excluding hydrogens is 326 g/mol. The first-order chi connectivity index (χ1) is 12.3. The molecule has 0 bridgehead atoms. The van der Waals surface area contributed by atoms with E-state index in [1.54, 1.807) is 0 Å². The van der Waals surface area contributed by atoms with Gasteiger partial charge in [0.15, 0.2) is 5.12 Å². The smallest absolute Gasteiger partial charge is 0.195 e. The highest BCUT2D eigenvalue weighted by Gasteiger charge is 2.16. The molecule has 3 aromatic rings. The molecule has 0 aliphatic rings. The monoisotopic (exact) mass is 347 g/mol. The van der Waals surface area contributed by atoms with Crippen molar-refractivity contribution in [3.63, 3.8) is 0 Å². The second kappa shape index (κ2) is 9.21. The Labute approximate surface area is 153 Å². The molecule has 0 radical (unpaired) electrons. The SMILES string of the molecule is O=C(CC(NCc1ccccc1)c1ccccc1)Sc1ccccc1. The van der Waals surface area contributed by atoms with E-state index >= 15 is 0 Å². The fourth-order valence-electron chi connectivity index (χ4n) is 2.66. The molecule has 3 heteroatoms. The largest absolute Gasteiger partial charge is 0.305 e. The Hall–Kier alpha value is -2.36. The van der Waals surface area contributed by atoms with Gasteiger partial charge in [0, 0.05) is 23.9 Å². The van der Waals surface area contributed by atoms with Crippen LogP contribution in [-0.2, 0) is 11.3 Å². The van der Waals surface area contributed by atoms with Gasteiger partial charge in [-0.2, -0.15) is 0 Å². The third kappa shape index (κ3) is 5.59. The summed E-state index contributed by atoms with van der Waals surface area (Å²) < 4.78 is 0. The molecule has 126 valence electrons. The molecule has 0 saturated carbocycles. The normalized spacial score (nSPS) is 11.8. The number of hydrogen-bond donors (Lipinski definition) is 1. The molecule has 0 aliphatic carbocycles. The highest BCUT2D eigenvalue weighted by Crippen LogP contribution is 2.25. The lowest BCUT2D eigenvalue weighted by atomic mass is 10.0. The minimum Gasteiger partial charge on any atom is -0.305 e. The standard InChI is InChI=1S/C22H21NOS/c24-22(25-20-14-8-3-9-15-20)16-21(19-12-6-2-7-13-19)23-17-18-10-4-1-5-11-18/h1-15,21,23H,16-17H2. The van der Waals surface area contributed by atoms with E-state index in [9.17, 15) is 4.79 Å². The highest BCUT2D eigenvalue weighted by molar-refractivity contribution is 8.13. The first-order valence-electron chi connectivity index (χ1n) is 8.39. The van der Waals surface area contributed by atoms with Crippen LogP contribution < -0.4 is 5.32 Å². The van der Waals surface area contributed by atoms with Crippen LogP contribution in [0.1, 0.15) is 23.6 Å². The highest BCUT2D eigenvalue weighted by atomic mass is 32.2. The van der Waals surface area contributed by atoms with Crippen molar-refractivity contribution in [2.75, 3.05) is 0 Å². The Balaban J connectivity index is 1.67. The number of carbonyl (C=O) groups is 1. The van der Waals surface area contributed by atoms with Crippen molar-refractivity contribution in [1.82, 2.24) is 5.32 Å². The van der Waals surface area contributed by atoms with Gasteiger partial charge in [0.05, 0.1) is 0 Å². The van der Waals surface area contributed by atoms with Crippen LogP contribution in [0.3, 0.4) is 0 Å². The van der Waals surface area contributed by atoms with Crippen LogP contribution >= 0.6 is 11.8 Å². The first-order valence-corrected chi connectivity index (χ1v) is 9.21. The van der Waals surface area contributed by atoms with Gasteiger partial charge in [-0.05, 0) is 23.3 Å². The minimum atomic E-state index is 0.00474. The van der Waals surface area contributed by atoms with Gasteiger partial charge in [0.25, 0.3) is 0 Å². The van der Waals surface area contributed by atoms with Gasteiger partial charge in [-0.1, -0.05) is 90.6 Å². The van der Waals surface area contributed by atoms with Crippen LogP contribution in [0.15, 0.2) is 95.9 Å². The number of thioether (sulfide) groups is 1. The van der Waals surface area contributed by atoms with Crippen molar-refractivity contribution < 1.29 is 4.79 Å². The van der Waals surface area contributed by atoms with E-state index in [1.165, 1.54) is 17.3 Å². The summed E-state index contributed by atoms with van der Waals surface area (Å²) in [6.45, 7) is 0.740. The molecule has 3 rings (SSSR count). The minimum absolute atomic E-state index is 0.00474. The van der Waals surface area contributed by atoms with Crippen molar-refractivity contribution in [1.29, 1.82) is 0 Å². The quantitative estimate of drug-likeness (QED) is 0.594. The second-order valence-corrected chi connectivity index (χ2v) is 6.95. The van der Waals surface area contributed by atoms with Crippen molar-refractivity contribution in [3.8, 4) is 0 Å². The average molecular weight is 347 g/mol. The van der Waals surface area contributed by atoms with E-state index in [4.69, 9.17) is 0 Å². The van der Waals surface area contributed by atoms with Gasteiger partial charge in [0.1, 0.15) is 0 Å². The van der Waals surface area contributed by atoms with Crippen molar-refractivity contribution >= 4 is 16.9 Å². The molecule has 25 heavy (non-hydrogen) atoms. The molecule has 0 amide bonds. The number of carbonyl (C=O) groups excluding carboxylic acids is 1. The van der Waals surface area contributed by atoms with Crippen LogP contribution in [0, 0.1) is 0 Å². The summed E-state index contributed by atoms with van der Waals surface area (Å²) in [4.78, 5) is 13.5. The van der Waals surface area contributed by atoms with Gasteiger partial charge in [-0.15, -0.1) is 0 Å². The summed E-state index contributed by atoms with van der Waals surface area (Å²) in [7, 11) is 0. The first kappa shape index (κ1) is 17.5. The molecule has 1 atom stereocenters. The summed E-state index contributed by atoms with van der Waals surface area (Å²) in [6.07, 6.45) is 0.455. The Morgan fingerprint density at radius 3 is 2.00 bits per heavy atom. The van der Waals surface area contributed by atoms with Crippen LogP contribution in [0.25, 0.3) is 0 Å².